The van der Waals surface area contributed by atoms with Crippen molar-refractivity contribution in [3.63, 3.8) is 0 Å². The normalized spacial score (nSPS) is 14.5. The van der Waals surface area contributed by atoms with Crippen molar-refractivity contribution in [2.75, 3.05) is 50.8 Å². The molecule has 2 aromatic heterocycles. The summed E-state index contributed by atoms with van der Waals surface area (Å²) in [5.41, 5.74) is 0. The van der Waals surface area contributed by atoms with Crippen LogP contribution in [0.2, 0.25) is 0 Å². The monoisotopic (exact) mass is 482 g/mol. The van der Waals surface area contributed by atoms with Gasteiger partial charge in [0.1, 0.15) is 18.2 Å². The second-order valence-electron chi connectivity index (χ2n) is 5.93. The second kappa shape index (κ2) is 11.6. The van der Waals surface area contributed by atoms with Gasteiger partial charge in [0, 0.05) is 45.1 Å². The molecule has 0 aromatic carbocycles. The Kier molecular flexibility index (Phi) is 9.09. The van der Waals surface area contributed by atoms with E-state index in [-0.39, 0.29) is 24.0 Å². The number of nitrogens with zero attached hydrogens (tertiary/aromatic N) is 5. The topological polar surface area (TPSA) is 65.9 Å². The van der Waals surface area contributed by atoms with Crippen LogP contribution in [0.1, 0.15) is 6.92 Å². The summed E-state index contributed by atoms with van der Waals surface area (Å²) in [6.45, 7) is 7.81. The number of ether oxygens (including phenoxy) is 1. The number of aromatic nitrogens is 2. The van der Waals surface area contributed by atoms with E-state index in [2.05, 4.69) is 38.1 Å². The Labute approximate surface area is 177 Å². The van der Waals surface area contributed by atoms with Gasteiger partial charge in [0.05, 0.1) is 12.7 Å². The number of anilines is 1. The van der Waals surface area contributed by atoms with Crippen LogP contribution in [-0.2, 0) is 0 Å². The molecule has 0 aliphatic carbocycles. The smallest absolute Gasteiger partial charge is 0.194 e. The minimum atomic E-state index is 0. The zero-order valence-electron chi connectivity index (χ0n) is 15.6. The summed E-state index contributed by atoms with van der Waals surface area (Å²) >= 11 is 0. The maximum Gasteiger partial charge on any atom is 0.194 e. The van der Waals surface area contributed by atoms with Gasteiger partial charge in [-0.15, -0.1) is 24.0 Å². The molecule has 0 spiro atoms. The summed E-state index contributed by atoms with van der Waals surface area (Å²) in [5.74, 6) is 2.76. The molecular weight excluding hydrogens is 455 g/mol. The Balaban J connectivity index is 0.00000261. The molecule has 27 heavy (non-hydrogen) atoms. The van der Waals surface area contributed by atoms with E-state index in [1.165, 1.54) is 0 Å². The van der Waals surface area contributed by atoms with Crippen LogP contribution in [0.4, 0.5) is 5.82 Å². The standard InChI is InChI=1S/C19H26N6O.HI/c1-2-21-19(23-10-15-26-17-6-5-8-20-16-17)25-13-11-24(12-14-25)18-7-3-4-9-22-18;/h3-9,16H,2,10-15H2,1H3,(H,21,23);1H. The molecule has 0 atom stereocenters. The number of hydrogen-bond acceptors (Lipinski definition) is 5. The maximum absolute atomic E-state index is 5.66. The minimum absolute atomic E-state index is 0. The minimum Gasteiger partial charge on any atom is -0.490 e. The molecule has 0 amide bonds. The van der Waals surface area contributed by atoms with Gasteiger partial charge in [-0.3, -0.25) is 4.98 Å². The first kappa shape index (κ1) is 21.2. The maximum atomic E-state index is 5.66. The average Bonchev–Trinajstić information content (AvgIpc) is 2.72. The molecule has 8 heteroatoms. The highest BCUT2D eigenvalue weighted by molar-refractivity contribution is 14.0. The highest BCUT2D eigenvalue weighted by Crippen LogP contribution is 2.12. The van der Waals surface area contributed by atoms with Gasteiger partial charge in [-0.2, -0.15) is 0 Å². The first-order chi connectivity index (χ1) is 12.9. The van der Waals surface area contributed by atoms with Crippen LogP contribution in [-0.4, -0.2) is 66.7 Å². The molecule has 1 fully saturated rings. The number of aliphatic imine (C=N–C) groups is 1. The number of pyridine rings is 2. The van der Waals surface area contributed by atoms with Gasteiger partial charge in [0.2, 0.25) is 0 Å². The van der Waals surface area contributed by atoms with Crippen molar-refractivity contribution < 1.29 is 4.74 Å². The highest BCUT2D eigenvalue weighted by Gasteiger charge is 2.20. The van der Waals surface area contributed by atoms with E-state index < -0.39 is 0 Å². The van der Waals surface area contributed by atoms with E-state index in [1.54, 1.807) is 12.4 Å². The van der Waals surface area contributed by atoms with E-state index >= 15 is 0 Å². The summed E-state index contributed by atoms with van der Waals surface area (Å²) in [5, 5.41) is 3.38. The number of hydrogen-bond donors (Lipinski definition) is 1. The van der Waals surface area contributed by atoms with Crippen molar-refractivity contribution in [1.82, 2.24) is 20.2 Å². The molecule has 1 saturated heterocycles. The Hall–Kier alpha value is -2.10. The Morgan fingerprint density at radius 2 is 2.00 bits per heavy atom. The lowest BCUT2D eigenvalue weighted by atomic mass is 10.3. The zero-order valence-corrected chi connectivity index (χ0v) is 18.0. The molecule has 1 N–H and O–H groups in total. The van der Waals surface area contributed by atoms with Crippen LogP contribution < -0.4 is 15.0 Å². The predicted octanol–water partition coefficient (Wildman–Crippen LogP) is 2.26. The van der Waals surface area contributed by atoms with Crippen molar-refractivity contribution >= 4 is 35.8 Å². The largest absolute Gasteiger partial charge is 0.490 e. The summed E-state index contributed by atoms with van der Waals surface area (Å²) in [4.78, 5) is 17.8. The van der Waals surface area contributed by atoms with E-state index in [4.69, 9.17) is 9.73 Å². The third-order valence-corrected chi connectivity index (χ3v) is 4.14. The SMILES string of the molecule is CCNC(=NCCOc1cccnc1)N1CCN(c2ccccn2)CC1.I. The molecule has 0 saturated carbocycles. The van der Waals surface area contributed by atoms with Crippen molar-refractivity contribution in [2.24, 2.45) is 4.99 Å². The summed E-state index contributed by atoms with van der Waals surface area (Å²) in [6, 6.07) is 9.80. The lowest BCUT2D eigenvalue weighted by molar-refractivity contribution is 0.324. The molecule has 1 aliphatic heterocycles. The molecule has 0 bridgehead atoms. The Morgan fingerprint density at radius 1 is 1.15 bits per heavy atom. The molecule has 146 valence electrons. The van der Waals surface area contributed by atoms with Gasteiger partial charge >= 0.3 is 0 Å². The van der Waals surface area contributed by atoms with E-state index in [0.29, 0.717) is 13.2 Å². The van der Waals surface area contributed by atoms with Crippen LogP contribution in [0.5, 0.6) is 5.75 Å². The van der Waals surface area contributed by atoms with Crippen LogP contribution in [0, 0.1) is 0 Å². The van der Waals surface area contributed by atoms with Crippen molar-refractivity contribution in [2.45, 2.75) is 6.92 Å². The van der Waals surface area contributed by atoms with Gasteiger partial charge in [0.25, 0.3) is 0 Å². The Bertz CT molecular complexity index is 677. The number of rotatable bonds is 6. The molecule has 7 nitrogen and oxygen atoms in total. The molecular formula is C19H27IN6O. The van der Waals surface area contributed by atoms with E-state index in [1.807, 2.05) is 30.5 Å². The average molecular weight is 482 g/mol. The molecule has 1 aliphatic rings. The van der Waals surface area contributed by atoms with Crippen molar-refractivity contribution in [3.05, 3.63) is 48.9 Å². The second-order valence-corrected chi connectivity index (χ2v) is 5.93. The lowest BCUT2D eigenvalue weighted by Crippen LogP contribution is -2.52. The van der Waals surface area contributed by atoms with Gasteiger partial charge in [-0.05, 0) is 31.2 Å². The van der Waals surface area contributed by atoms with Gasteiger partial charge in [-0.25, -0.2) is 9.98 Å². The predicted molar refractivity (Wildman–Crippen MR) is 119 cm³/mol. The van der Waals surface area contributed by atoms with Gasteiger partial charge in [-0.1, -0.05) is 6.07 Å². The van der Waals surface area contributed by atoms with Crippen LogP contribution in [0.25, 0.3) is 0 Å². The van der Waals surface area contributed by atoms with Crippen LogP contribution >= 0.6 is 24.0 Å². The van der Waals surface area contributed by atoms with Crippen molar-refractivity contribution in [3.8, 4) is 5.75 Å². The van der Waals surface area contributed by atoms with Gasteiger partial charge in [0.15, 0.2) is 5.96 Å². The number of nitrogens with one attached hydrogen (secondary N) is 1. The molecule has 2 aromatic rings. The fraction of sp³-hybridized carbons (Fsp3) is 0.421. The number of piperazine rings is 1. The molecule has 0 unspecified atom stereocenters. The third-order valence-electron chi connectivity index (χ3n) is 4.14. The first-order valence-electron chi connectivity index (χ1n) is 9.09. The fourth-order valence-corrected chi connectivity index (χ4v) is 2.86. The summed E-state index contributed by atoms with van der Waals surface area (Å²) in [7, 11) is 0. The van der Waals surface area contributed by atoms with Gasteiger partial charge < -0.3 is 19.9 Å². The molecule has 3 rings (SSSR count). The van der Waals surface area contributed by atoms with Crippen LogP contribution in [0.15, 0.2) is 53.9 Å². The molecule has 0 radical (unpaired) electrons. The highest BCUT2D eigenvalue weighted by atomic mass is 127. The Morgan fingerprint density at radius 3 is 2.67 bits per heavy atom. The van der Waals surface area contributed by atoms with E-state index in [9.17, 15) is 0 Å². The number of halogens is 1. The third kappa shape index (κ3) is 6.53. The van der Waals surface area contributed by atoms with Crippen LogP contribution in [0.3, 0.4) is 0 Å². The fourth-order valence-electron chi connectivity index (χ4n) is 2.86. The molecule has 3 heterocycles. The lowest BCUT2D eigenvalue weighted by Gasteiger charge is -2.37. The summed E-state index contributed by atoms with van der Waals surface area (Å²) < 4.78 is 5.66. The zero-order chi connectivity index (χ0) is 18.0. The quantitative estimate of drug-likeness (QED) is 0.295. The first-order valence-corrected chi connectivity index (χ1v) is 9.09. The number of guanidine groups is 1. The summed E-state index contributed by atoms with van der Waals surface area (Å²) in [6.07, 6.45) is 5.29. The van der Waals surface area contributed by atoms with Crippen molar-refractivity contribution in [1.29, 1.82) is 0 Å². The van der Waals surface area contributed by atoms with E-state index in [0.717, 1.165) is 50.3 Å².